The molecular formula is C21H13KN2. The third-order valence-electron chi connectivity index (χ3n) is 4.37. The Kier molecular flexibility index (Phi) is 4.29. The van der Waals surface area contributed by atoms with Crippen LogP contribution < -0.4 is 51.4 Å². The van der Waals surface area contributed by atoms with Crippen molar-refractivity contribution in [1.29, 1.82) is 0 Å². The van der Waals surface area contributed by atoms with E-state index in [1.807, 2.05) is 30.6 Å². The molecule has 0 aliphatic heterocycles. The SMILES string of the molecule is [K+].[c-]1cccc2c1c1nccn1c1c(-c3ccccc3)cccc21. The van der Waals surface area contributed by atoms with E-state index in [2.05, 4.69) is 64.0 Å². The van der Waals surface area contributed by atoms with E-state index in [9.17, 15) is 0 Å². The second kappa shape index (κ2) is 6.43. The van der Waals surface area contributed by atoms with Crippen LogP contribution >= 0.6 is 0 Å². The molecule has 3 heteroatoms. The van der Waals surface area contributed by atoms with Crippen LogP contribution in [0, 0.1) is 6.07 Å². The van der Waals surface area contributed by atoms with Gasteiger partial charge in [0.15, 0.2) is 0 Å². The van der Waals surface area contributed by atoms with Gasteiger partial charge in [-0.15, -0.1) is 29.7 Å². The molecule has 0 bridgehead atoms. The Morgan fingerprint density at radius 3 is 2.54 bits per heavy atom. The van der Waals surface area contributed by atoms with Gasteiger partial charge < -0.3 is 4.40 Å². The molecule has 0 aliphatic carbocycles. The first-order valence-corrected chi connectivity index (χ1v) is 7.67. The molecule has 0 N–H and O–H groups in total. The maximum Gasteiger partial charge on any atom is 1.00 e. The summed E-state index contributed by atoms with van der Waals surface area (Å²) in [5.41, 5.74) is 4.58. The number of para-hydroxylation sites is 1. The molecule has 24 heavy (non-hydrogen) atoms. The topological polar surface area (TPSA) is 17.3 Å². The molecule has 0 radical (unpaired) electrons. The monoisotopic (exact) mass is 332 g/mol. The molecule has 0 unspecified atom stereocenters. The van der Waals surface area contributed by atoms with Crippen LogP contribution in [0.25, 0.3) is 38.4 Å². The Labute approximate surface area is 182 Å². The molecule has 0 saturated carbocycles. The number of nitrogens with zero attached hydrogens (tertiary/aromatic N) is 2. The van der Waals surface area contributed by atoms with Crippen molar-refractivity contribution < 1.29 is 51.4 Å². The zero-order chi connectivity index (χ0) is 15.2. The van der Waals surface area contributed by atoms with Crippen molar-refractivity contribution >= 4 is 27.3 Å². The van der Waals surface area contributed by atoms with Gasteiger partial charge in [-0.2, -0.15) is 0 Å². The van der Waals surface area contributed by atoms with Gasteiger partial charge in [0.25, 0.3) is 0 Å². The van der Waals surface area contributed by atoms with E-state index in [1.165, 1.54) is 27.4 Å². The predicted octanol–water partition coefficient (Wildman–Crippen LogP) is 2.11. The minimum absolute atomic E-state index is 0. The van der Waals surface area contributed by atoms with E-state index in [0.717, 1.165) is 11.0 Å². The Hall–Kier alpha value is -1.49. The fourth-order valence-corrected chi connectivity index (χ4v) is 3.39. The van der Waals surface area contributed by atoms with Crippen molar-refractivity contribution in [2.24, 2.45) is 0 Å². The first kappa shape index (κ1) is 16.0. The van der Waals surface area contributed by atoms with E-state index in [0.29, 0.717) is 0 Å². The fraction of sp³-hybridized carbons (Fsp3) is 0. The van der Waals surface area contributed by atoms with Gasteiger partial charge in [-0.1, -0.05) is 53.9 Å². The maximum absolute atomic E-state index is 4.56. The molecule has 5 aromatic rings. The summed E-state index contributed by atoms with van der Waals surface area (Å²) in [6.07, 6.45) is 3.89. The second-order valence-corrected chi connectivity index (χ2v) is 5.65. The second-order valence-electron chi connectivity index (χ2n) is 5.65. The van der Waals surface area contributed by atoms with Gasteiger partial charge in [0, 0.05) is 23.5 Å². The first-order chi connectivity index (χ1) is 11.4. The molecule has 0 saturated heterocycles. The van der Waals surface area contributed by atoms with Crippen molar-refractivity contribution in [3.63, 3.8) is 0 Å². The Morgan fingerprint density at radius 1 is 0.833 bits per heavy atom. The van der Waals surface area contributed by atoms with E-state index in [-0.39, 0.29) is 51.4 Å². The summed E-state index contributed by atoms with van der Waals surface area (Å²) in [5.74, 6) is 0. The summed E-state index contributed by atoms with van der Waals surface area (Å²) < 4.78 is 2.18. The van der Waals surface area contributed by atoms with E-state index in [4.69, 9.17) is 0 Å². The quantitative estimate of drug-likeness (QED) is 0.261. The number of fused-ring (bicyclic) bond motifs is 6. The standard InChI is InChI=1S/C21H13N2.K/c1-2-7-15(8-3-1)16-11-6-12-18-17-9-4-5-10-19(17)21-22-13-14-23(21)20(16)18;/h1-9,11-14H;/q-1;+1. The zero-order valence-corrected chi connectivity index (χ0v) is 16.5. The number of aromatic nitrogens is 2. The Morgan fingerprint density at radius 2 is 1.67 bits per heavy atom. The van der Waals surface area contributed by atoms with Crippen LogP contribution in [0.1, 0.15) is 0 Å². The molecular weight excluding hydrogens is 319 g/mol. The first-order valence-electron chi connectivity index (χ1n) is 7.67. The molecule has 0 spiro atoms. The molecule has 3 aromatic carbocycles. The molecule has 0 aliphatic rings. The van der Waals surface area contributed by atoms with Gasteiger partial charge in [-0.3, -0.25) is 4.98 Å². The summed E-state index contributed by atoms with van der Waals surface area (Å²) in [6, 6.07) is 26.5. The average molecular weight is 332 g/mol. The maximum atomic E-state index is 4.56. The number of hydrogen-bond acceptors (Lipinski definition) is 1. The van der Waals surface area contributed by atoms with Crippen molar-refractivity contribution in [3.05, 3.63) is 85.2 Å². The number of rotatable bonds is 1. The van der Waals surface area contributed by atoms with Crippen molar-refractivity contribution in [1.82, 2.24) is 9.38 Å². The average Bonchev–Trinajstić information content (AvgIpc) is 3.12. The van der Waals surface area contributed by atoms with Crippen LogP contribution in [0.4, 0.5) is 0 Å². The summed E-state index contributed by atoms with van der Waals surface area (Å²) in [5, 5.41) is 3.48. The van der Waals surface area contributed by atoms with Crippen LogP contribution in [0.5, 0.6) is 0 Å². The van der Waals surface area contributed by atoms with Crippen LogP contribution in [-0.2, 0) is 0 Å². The molecule has 108 valence electrons. The van der Waals surface area contributed by atoms with Gasteiger partial charge in [-0.05, 0) is 10.9 Å². The van der Waals surface area contributed by atoms with Gasteiger partial charge >= 0.3 is 51.4 Å². The van der Waals surface area contributed by atoms with Crippen molar-refractivity contribution in [2.45, 2.75) is 0 Å². The van der Waals surface area contributed by atoms with Crippen LogP contribution in [0.3, 0.4) is 0 Å². The normalized spacial score (nSPS) is 11.0. The number of hydrogen-bond donors (Lipinski definition) is 0. The van der Waals surface area contributed by atoms with E-state index in [1.54, 1.807) is 0 Å². The number of pyridine rings is 1. The number of imidazole rings is 1. The fourth-order valence-electron chi connectivity index (χ4n) is 3.39. The number of benzene rings is 3. The van der Waals surface area contributed by atoms with Gasteiger partial charge in [0.1, 0.15) is 0 Å². The van der Waals surface area contributed by atoms with Crippen molar-refractivity contribution in [3.8, 4) is 11.1 Å². The molecule has 0 fully saturated rings. The Balaban J connectivity index is 0.00000146. The molecule has 2 nitrogen and oxygen atoms in total. The Bertz CT molecular complexity index is 1160. The molecule has 0 amide bonds. The molecule has 2 aromatic heterocycles. The minimum atomic E-state index is 0. The predicted molar refractivity (Wildman–Crippen MR) is 94.5 cm³/mol. The van der Waals surface area contributed by atoms with Crippen LogP contribution in [-0.4, -0.2) is 9.38 Å². The molecule has 0 atom stereocenters. The third-order valence-corrected chi connectivity index (χ3v) is 4.37. The third kappa shape index (κ3) is 2.36. The van der Waals surface area contributed by atoms with Gasteiger partial charge in [-0.25, -0.2) is 0 Å². The van der Waals surface area contributed by atoms with Crippen molar-refractivity contribution in [2.75, 3.05) is 0 Å². The minimum Gasteiger partial charge on any atom is -0.340 e. The van der Waals surface area contributed by atoms with Gasteiger partial charge in [0.2, 0.25) is 0 Å². The van der Waals surface area contributed by atoms with Gasteiger partial charge in [0.05, 0.1) is 5.65 Å². The molecule has 2 heterocycles. The summed E-state index contributed by atoms with van der Waals surface area (Å²) in [4.78, 5) is 4.56. The van der Waals surface area contributed by atoms with Crippen LogP contribution in [0.2, 0.25) is 0 Å². The molecule has 5 rings (SSSR count). The summed E-state index contributed by atoms with van der Waals surface area (Å²) >= 11 is 0. The summed E-state index contributed by atoms with van der Waals surface area (Å²) in [7, 11) is 0. The van der Waals surface area contributed by atoms with E-state index < -0.39 is 0 Å². The largest absolute Gasteiger partial charge is 1.00 e. The van der Waals surface area contributed by atoms with Crippen LogP contribution in [0.15, 0.2) is 79.1 Å². The van der Waals surface area contributed by atoms with E-state index >= 15 is 0 Å². The smallest absolute Gasteiger partial charge is 0.340 e. The zero-order valence-electron chi connectivity index (χ0n) is 13.4. The summed E-state index contributed by atoms with van der Waals surface area (Å²) in [6.45, 7) is 0.